The van der Waals surface area contributed by atoms with E-state index in [1.165, 1.54) is 5.56 Å². The molecule has 0 aliphatic carbocycles. The summed E-state index contributed by atoms with van der Waals surface area (Å²) in [7, 11) is 0. The molecule has 4 heteroatoms. The molecular formula is C14H20N2O2. The minimum Gasteiger partial charge on any atom is -0.396 e. The summed E-state index contributed by atoms with van der Waals surface area (Å²) in [5.74, 6) is 0.0650. The molecule has 1 aliphatic heterocycles. The Morgan fingerprint density at radius 1 is 1.33 bits per heavy atom. The molecule has 1 amide bonds. The van der Waals surface area contributed by atoms with Crippen LogP contribution in [-0.2, 0) is 11.2 Å². The number of rotatable bonds is 6. The molecule has 0 saturated carbocycles. The minimum absolute atomic E-state index is 0.0650. The predicted molar refractivity (Wildman–Crippen MR) is 71.5 cm³/mol. The van der Waals surface area contributed by atoms with Crippen molar-refractivity contribution < 1.29 is 9.90 Å². The van der Waals surface area contributed by atoms with Gasteiger partial charge in [0.05, 0.1) is 0 Å². The van der Waals surface area contributed by atoms with Crippen LogP contribution < -0.4 is 10.6 Å². The third-order valence-electron chi connectivity index (χ3n) is 3.22. The van der Waals surface area contributed by atoms with Crippen LogP contribution in [0, 0.1) is 0 Å². The number of amides is 1. The summed E-state index contributed by atoms with van der Waals surface area (Å²) in [5.41, 5.74) is 2.27. The van der Waals surface area contributed by atoms with Gasteiger partial charge in [-0.15, -0.1) is 0 Å². The van der Waals surface area contributed by atoms with Gasteiger partial charge >= 0.3 is 0 Å². The van der Waals surface area contributed by atoms with E-state index < -0.39 is 0 Å². The summed E-state index contributed by atoms with van der Waals surface area (Å²) >= 11 is 0. The molecule has 1 heterocycles. The summed E-state index contributed by atoms with van der Waals surface area (Å²) in [6.07, 6.45) is 3.45. The van der Waals surface area contributed by atoms with Crippen molar-refractivity contribution in [2.75, 3.05) is 18.5 Å². The molecule has 2 rings (SSSR count). The van der Waals surface area contributed by atoms with Gasteiger partial charge in [0.15, 0.2) is 0 Å². The average molecular weight is 248 g/mol. The molecule has 0 fully saturated rings. The third kappa shape index (κ3) is 3.23. The largest absolute Gasteiger partial charge is 0.396 e. The normalized spacial score (nSPS) is 17.1. The van der Waals surface area contributed by atoms with Crippen molar-refractivity contribution in [3.05, 3.63) is 29.8 Å². The first-order valence-corrected chi connectivity index (χ1v) is 6.54. The highest BCUT2D eigenvalue weighted by Crippen LogP contribution is 2.24. The number of benzene rings is 1. The van der Waals surface area contributed by atoms with E-state index >= 15 is 0 Å². The van der Waals surface area contributed by atoms with Crippen LogP contribution in [0.5, 0.6) is 0 Å². The number of unbranched alkanes of at least 4 members (excludes halogenated alkanes) is 2. The van der Waals surface area contributed by atoms with Gasteiger partial charge in [0, 0.05) is 25.3 Å². The van der Waals surface area contributed by atoms with Gasteiger partial charge in [-0.25, -0.2) is 0 Å². The number of fused-ring (bicyclic) bond motifs is 1. The van der Waals surface area contributed by atoms with Gasteiger partial charge < -0.3 is 15.7 Å². The standard InChI is InChI=1S/C14H20N2O2/c17-9-5-1-4-8-15-14(18)13-10-11-6-2-3-7-12(11)16-13/h2-3,6-7,13,16-17H,1,4-5,8-10H2,(H,15,18). The van der Waals surface area contributed by atoms with Crippen LogP contribution in [0.3, 0.4) is 0 Å². The second kappa shape index (κ2) is 6.40. The number of nitrogens with one attached hydrogen (secondary N) is 2. The van der Waals surface area contributed by atoms with E-state index in [2.05, 4.69) is 16.7 Å². The van der Waals surface area contributed by atoms with Crippen LogP contribution in [0.15, 0.2) is 24.3 Å². The third-order valence-corrected chi connectivity index (χ3v) is 3.22. The number of carbonyl (C=O) groups is 1. The van der Waals surface area contributed by atoms with Crippen molar-refractivity contribution in [2.24, 2.45) is 0 Å². The van der Waals surface area contributed by atoms with Gasteiger partial charge in [-0.1, -0.05) is 18.2 Å². The monoisotopic (exact) mass is 248 g/mol. The SMILES string of the molecule is O=C(NCCCCCO)C1Cc2ccccc2N1. The van der Waals surface area contributed by atoms with Crippen molar-refractivity contribution in [1.82, 2.24) is 5.32 Å². The molecule has 1 atom stereocenters. The van der Waals surface area contributed by atoms with Crippen molar-refractivity contribution in [2.45, 2.75) is 31.7 Å². The maximum absolute atomic E-state index is 11.9. The van der Waals surface area contributed by atoms with E-state index in [0.29, 0.717) is 6.54 Å². The highest BCUT2D eigenvalue weighted by atomic mass is 16.2. The summed E-state index contributed by atoms with van der Waals surface area (Å²) in [5, 5.41) is 14.8. The Morgan fingerprint density at radius 3 is 2.94 bits per heavy atom. The molecule has 0 spiro atoms. The van der Waals surface area contributed by atoms with E-state index in [0.717, 1.165) is 31.4 Å². The summed E-state index contributed by atoms with van der Waals surface area (Å²) in [6, 6.07) is 7.89. The van der Waals surface area contributed by atoms with Crippen molar-refractivity contribution in [3.63, 3.8) is 0 Å². The summed E-state index contributed by atoms with van der Waals surface area (Å²) < 4.78 is 0. The number of anilines is 1. The quantitative estimate of drug-likeness (QED) is 0.665. The Kier molecular flexibility index (Phi) is 4.59. The summed E-state index contributed by atoms with van der Waals surface area (Å²) in [4.78, 5) is 11.9. The average Bonchev–Trinajstić information content (AvgIpc) is 2.82. The predicted octanol–water partition coefficient (Wildman–Crippen LogP) is 1.30. The number of carbonyl (C=O) groups excluding carboxylic acids is 1. The zero-order valence-corrected chi connectivity index (χ0v) is 10.5. The Labute approximate surface area is 107 Å². The lowest BCUT2D eigenvalue weighted by atomic mass is 10.1. The minimum atomic E-state index is -0.139. The van der Waals surface area contributed by atoms with Gasteiger partial charge in [0.2, 0.25) is 5.91 Å². The Morgan fingerprint density at radius 2 is 2.17 bits per heavy atom. The molecule has 1 aromatic rings. The highest BCUT2D eigenvalue weighted by molar-refractivity contribution is 5.87. The Balaban J connectivity index is 1.72. The van der Waals surface area contributed by atoms with Crippen molar-refractivity contribution in [3.8, 4) is 0 Å². The molecule has 18 heavy (non-hydrogen) atoms. The van der Waals surface area contributed by atoms with E-state index in [1.807, 2.05) is 18.2 Å². The second-order valence-corrected chi connectivity index (χ2v) is 4.63. The fourth-order valence-electron chi connectivity index (χ4n) is 2.20. The van der Waals surface area contributed by atoms with Crippen LogP contribution in [-0.4, -0.2) is 30.2 Å². The zero-order valence-electron chi connectivity index (χ0n) is 10.5. The smallest absolute Gasteiger partial charge is 0.242 e. The van der Waals surface area contributed by atoms with Gasteiger partial charge in [-0.3, -0.25) is 4.79 Å². The first kappa shape index (κ1) is 12.9. The molecule has 0 aromatic heterocycles. The summed E-state index contributed by atoms with van der Waals surface area (Å²) in [6.45, 7) is 0.917. The van der Waals surface area contributed by atoms with E-state index in [-0.39, 0.29) is 18.6 Å². The lowest BCUT2D eigenvalue weighted by molar-refractivity contribution is -0.121. The molecule has 98 valence electrons. The molecule has 1 unspecified atom stereocenters. The molecule has 1 aliphatic rings. The molecule has 0 radical (unpaired) electrons. The highest BCUT2D eigenvalue weighted by Gasteiger charge is 2.25. The van der Waals surface area contributed by atoms with Crippen LogP contribution in [0.25, 0.3) is 0 Å². The fraction of sp³-hybridized carbons (Fsp3) is 0.500. The van der Waals surface area contributed by atoms with Gasteiger partial charge in [0.1, 0.15) is 6.04 Å². The Bertz CT molecular complexity index is 382. The van der Waals surface area contributed by atoms with Gasteiger partial charge in [0.25, 0.3) is 0 Å². The number of aliphatic hydroxyl groups is 1. The van der Waals surface area contributed by atoms with Crippen LogP contribution in [0.2, 0.25) is 0 Å². The maximum Gasteiger partial charge on any atom is 0.242 e. The number of hydrogen-bond acceptors (Lipinski definition) is 3. The molecular weight excluding hydrogens is 228 g/mol. The van der Waals surface area contributed by atoms with Gasteiger partial charge in [-0.2, -0.15) is 0 Å². The molecule has 1 aromatic carbocycles. The maximum atomic E-state index is 11.9. The second-order valence-electron chi connectivity index (χ2n) is 4.63. The fourth-order valence-corrected chi connectivity index (χ4v) is 2.20. The van der Waals surface area contributed by atoms with E-state index in [1.54, 1.807) is 0 Å². The first-order chi connectivity index (χ1) is 8.81. The van der Waals surface area contributed by atoms with Crippen LogP contribution in [0.4, 0.5) is 5.69 Å². The van der Waals surface area contributed by atoms with Crippen molar-refractivity contribution in [1.29, 1.82) is 0 Å². The Hall–Kier alpha value is -1.55. The van der Waals surface area contributed by atoms with Crippen molar-refractivity contribution >= 4 is 11.6 Å². The topological polar surface area (TPSA) is 61.4 Å². The molecule has 0 bridgehead atoms. The molecule has 4 nitrogen and oxygen atoms in total. The number of hydrogen-bond donors (Lipinski definition) is 3. The molecule has 0 saturated heterocycles. The zero-order chi connectivity index (χ0) is 12.8. The first-order valence-electron chi connectivity index (χ1n) is 6.54. The molecule has 3 N–H and O–H groups in total. The van der Waals surface area contributed by atoms with Crippen LogP contribution >= 0.6 is 0 Å². The van der Waals surface area contributed by atoms with Crippen LogP contribution in [0.1, 0.15) is 24.8 Å². The number of para-hydroxylation sites is 1. The van der Waals surface area contributed by atoms with Gasteiger partial charge in [-0.05, 0) is 30.9 Å². The van der Waals surface area contributed by atoms with E-state index in [9.17, 15) is 4.79 Å². The lowest BCUT2D eigenvalue weighted by Gasteiger charge is -2.11. The lowest BCUT2D eigenvalue weighted by Crippen LogP contribution is -2.38. The van der Waals surface area contributed by atoms with E-state index in [4.69, 9.17) is 5.11 Å². The number of aliphatic hydroxyl groups excluding tert-OH is 1.